The first-order chi connectivity index (χ1) is 6.49. The Bertz CT molecular complexity index is 187. The van der Waals surface area contributed by atoms with E-state index in [0.717, 1.165) is 12.7 Å². The molecule has 1 heteroatoms. The van der Waals surface area contributed by atoms with Crippen LogP contribution in [0.3, 0.4) is 0 Å². The third-order valence-electron chi connectivity index (χ3n) is 2.85. The zero-order valence-electron chi connectivity index (χ0n) is 10.2. The second-order valence-electron chi connectivity index (χ2n) is 4.80. The van der Waals surface area contributed by atoms with Crippen LogP contribution in [-0.2, 0) is 4.79 Å². The first kappa shape index (κ1) is 13.4. The summed E-state index contributed by atoms with van der Waals surface area (Å²) in [5.41, 5.74) is 1.37. The number of hydrogen-bond donors (Lipinski definition) is 0. The maximum Gasteiger partial charge on any atom is 0.120 e. The molecule has 0 saturated heterocycles. The van der Waals surface area contributed by atoms with Crippen molar-refractivity contribution in [3.05, 3.63) is 11.6 Å². The van der Waals surface area contributed by atoms with Gasteiger partial charge in [-0.05, 0) is 38.0 Å². The summed E-state index contributed by atoms with van der Waals surface area (Å²) in [5, 5.41) is 0. The Morgan fingerprint density at radius 3 is 2.07 bits per heavy atom. The molecule has 0 heterocycles. The standard InChI is InChI=1S/C13H24O/c1-10(2)6-7-13(11(3)4)12(5)8-9-14/h6,9,11-13H,7-8H2,1-5H3. The van der Waals surface area contributed by atoms with E-state index in [2.05, 4.69) is 40.7 Å². The van der Waals surface area contributed by atoms with Crippen molar-refractivity contribution in [1.82, 2.24) is 0 Å². The lowest BCUT2D eigenvalue weighted by Gasteiger charge is -2.25. The predicted octanol–water partition coefficient (Wildman–Crippen LogP) is 3.84. The molecule has 0 aromatic heterocycles. The van der Waals surface area contributed by atoms with E-state index in [1.165, 1.54) is 5.57 Å². The average Bonchev–Trinajstić information content (AvgIpc) is 2.03. The number of aldehydes is 1. The van der Waals surface area contributed by atoms with Gasteiger partial charge >= 0.3 is 0 Å². The van der Waals surface area contributed by atoms with Gasteiger partial charge in [0.2, 0.25) is 0 Å². The van der Waals surface area contributed by atoms with E-state index >= 15 is 0 Å². The number of carbonyl (C=O) groups is 1. The van der Waals surface area contributed by atoms with E-state index in [1.807, 2.05) is 0 Å². The van der Waals surface area contributed by atoms with Crippen LogP contribution < -0.4 is 0 Å². The molecular weight excluding hydrogens is 172 g/mol. The van der Waals surface area contributed by atoms with E-state index in [9.17, 15) is 4.79 Å². The van der Waals surface area contributed by atoms with Gasteiger partial charge in [-0.2, -0.15) is 0 Å². The Hall–Kier alpha value is -0.590. The van der Waals surface area contributed by atoms with Crippen molar-refractivity contribution in [3.8, 4) is 0 Å². The van der Waals surface area contributed by atoms with E-state index in [0.29, 0.717) is 24.2 Å². The third kappa shape index (κ3) is 5.21. The van der Waals surface area contributed by atoms with Gasteiger partial charge in [0.25, 0.3) is 0 Å². The Balaban J connectivity index is 4.28. The molecule has 1 nitrogen and oxygen atoms in total. The molecule has 0 aliphatic rings. The molecule has 2 atom stereocenters. The van der Waals surface area contributed by atoms with Gasteiger partial charge in [-0.15, -0.1) is 0 Å². The summed E-state index contributed by atoms with van der Waals surface area (Å²) in [4.78, 5) is 10.5. The molecule has 0 aliphatic heterocycles. The molecule has 0 fully saturated rings. The molecule has 0 bridgehead atoms. The summed E-state index contributed by atoms with van der Waals surface area (Å²) in [5.74, 6) is 1.79. The van der Waals surface area contributed by atoms with Crippen LogP contribution in [0.4, 0.5) is 0 Å². The Morgan fingerprint density at radius 2 is 1.71 bits per heavy atom. The Morgan fingerprint density at radius 1 is 1.14 bits per heavy atom. The van der Waals surface area contributed by atoms with Gasteiger partial charge in [0, 0.05) is 6.42 Å². The normalized spacial score (nSPS) is 15.0. The predicted molar refractivity (Wildman–Crippen MR) is 62.2 cm³/mol. The summed E-state index contributed by atoms with van der Waals surface area (Å²) in [7, 11) is 0. The molecule has 0 saturated carbocycles. The third-order valence-corrected chi connectivity index (χ3v) is 2.85. The summed E-state index contributed by atoms with van der Waals surface area (Å²) in [6.45, 7) is 10.9. The minimum Gasteiger partial charge on any atom is -0.303 e. The topological polar surface area (TPSA) is 17.1 Å². The van der Waals surface area contributed by atoms with Crippen molar-refractivity contribution in [2.24, 2.45) is 17.8 Å². The van der Waals surface area contributed by atoms with Crippen LogP contribution in [0, 0.1) is 17.8 Å². The minimum atomic E-state index is 0.503. The first-order valence-electron chi connectivity index (χ1n) is 5.56. The van der Waals surface area contributed by atoms with Crippen LogP contribution in [-0.4, -0.2) is 6.29 Å². The number of allylic oxidation sites excluding steroid dienone is 2. The smallest absolute Gasteiger partial charge is 0.120 e. The van der Waals surface area contributed by atoms with E-state index < -0.39 is 0 Å². The van der Waals surface area contributed by atoms with Crippen molar-refractivity contribution in [2.75, 3.05) is 0 Å². The van der Waals surface area contributed by atoms with E-state index in [4.69, 9.17) is 0 Å². The van der Waals surface area contributed by atoms with Gasteiger partial charge in [0.05, 0.1) is 0 Å². The zero-order valence-corrected chi connectivity index (χ0v) is 10.2. The molecule has 2 unspecified atom stereocenters. The van der Waals surface area contributed by atoms with Gasteiger partial charge in [-0.3, -0.25) is 0 Å². The van der Waals surface area contributed by atoms with Gasteiger partial charge in [-0.25, -0.2) is 0 Å². The second kappa shape index (κ2) is 6.80. The molecule has 0 amide bonds. The zero-order chi connectivity index (χ0) is 11.1. The van der Waals surface area contributed by atoms with Gasteiger partial charge in [-0.1, -0.05) is 32.4 Å². The molecular formula is C13H24O. The highest BCUT2D eigenvalue weighted by Gasteiger charge is 2.19. The van der Waals surface area contributed by atoms with Crippen molar-refractivity contribution in [1.29, 1.82) is 0 Å². The SMILES string of the molecule is CC(C)=CCC(C(C)C)C(C)CC=O. The largest absolute Gasteiger partial charge is 0.303 e. The lowest BCUT2D eigenvalue weighted by Crippen LogP contribution is -2.17. The van der Waals surface area contributed by atoms with Crippen molar-refractivity contribution in [3.63, 3.8) is 0 Å². The summed E-state index contributed by atoms with van der Waals surface area (Å²) >= 11 is 0. The van der Waals surface area contributed by atoms with Crippen LogP contribution >= 0.6 is 0 Å². The molecule has 0 rings (SSSR count). The van der Waals surface area contributed by atoms with Crippen LogP contribution in [0.5, 0.6) is 0 Å². The highest BCUT2D eigenvalue weighted by Crippen LogP contribution is 2.27. The fourth-order valence-electron chi connectivity index (χ4n) is 1.86. The quantitative estimate of drug-likeness (QED) is 0.466. The van der Waals surface area contributed by atoms with Crippen molar-refractivity contribution >= 4 is 6.29 Å². The summed E-state index contributed by atoms with van der Waals surface area (Å²) < 4.78 is 0. The van der Waals surface area contributed by atoms with Gasteiger partial charge in [0.1, 0.15) is 6.29 Å². The maximum atomic E-state index is 10.5. The highest BCUT2D eigenvalue weighted by atomic mass is 16.1. The monoisotopic (exact) mass is 196 g/mol. The molecule has 14 heavy (non-hydrogen) atoms. The van der Waals surface area contributed by atoms with Crippen molar-refractivity contribution in [2.45, 2.75) is 47.5 Å². The number of rotatable bonds is 6. The molecule has 0 N–H and O–H groups in total. The second-order valence-corrected chi connectivity index (χ2v) is 4.80. The van der Waals surface area contributed by atoms with Gasteiger partial charge < -0.3 is 4.79 Å². The van der Waals surface area contributed by atoms with E-state index in [-0.39, 0.29) is 0 Å². The van der Waals surface area contributed by atoms with Crippen LogP contribution in [0.25, 0.3) is 0 Å². The fourth-order valence-corrected chi connectivity index (χ4v) is 1.86. The minimum absolute atomic E-state index is 0.503. The lowest BCUT2D eigenvalue weighted by molar-refractivity contribution is -0.108. The molecule has 0 aliphatic carbocycles. The van der Waals surface area contributed by atoms with Crippen molar-refractivity contribution < 1.29 is 4.79 Å². The summed E-state index contributed by atoms with van der Waals surface area (Å²) in [6.07, 6.45) is 5.13. The highest BCUT2D eigenvalue weighted by molar-refractivity contribution is 5.49. The fraction of sp³-hybridized carbons (Fsp3) is 0.769. The van der Waals surface area contributed by atoms with E-state index in [1.54, 1.807) is 0 Å². The first-order valence-corrected chi connectivity index (χ1v) is 5.56. The molecule has 0 radical (unpaired) electrons. The van der Waals surface area contributed by atoms with Crippen LogP contribution in [0.15, 0.2) is 11.6 Å². The average molecular weight is 196 g/mol. The molecule has 0 spiro atoms. The Labute approximate surface area is 88.6 Å². The number of hydrogen-bond acceptors (Lipinski definition) is 1. The lowest BCUT2D eigenvalue weighted by atomic mass is 9.80. The van der Waals surface area contributed by atoms with Crippen LogP contribution in [0.2, 0.25) is 0 Å². The summed E-state index contributed by atoms with van der Waals surface area (Å²) in [6, 6.07) is 0. The van der Waals surface area contributed by atoms with Crippen LogP contribution in [0.1, 0.15) is 47.5 Å². The molecule has 0 aromatic rings. The molecule has 82 valence electrons. The maximum absolute atomic E-state index is 10.5. The number of carbonyl (C=O) groups excluding carboxylic acids is 1. The van der Waals surface area contributed by atoms with Gasteiger partial charge in [0.15, 0.2) is 0 Å². The molecule has 0 aromatic carbocycles. The Kier molecular flexibility index (Phi) is 6.52.